The van der Waals surface area contributed by atoms with Crippen molar-refractivity contribution in [1.82, 2.24) is 0 Å². The molecule has 2 atom stereocenters. The van der Waals surface area contributed by atoms with Crippen LogP contribution < -0.4 is 10.6 Å². The smallest absolute Gasteiger partial charge is 0.102 e. The molecule has 5 heteroatoms. The molecule has 17 heavy (non-hydrogen) atoms. The Bertz CT molecular complexity index is 388. The van der Waals surface area contributed by atoms with Crippen molar-refractivity contribution in [2.45, 2.75) is 12.2 Å². The van der Waals surface area contributed by atoms with Gasteiger partial charge in [-0.05, 0) is 18.2 Å². The Morgan fingerprint density at radius 1 is 1.24 bits per heavy atom. The summed E-state index contributed by atoms with van der Waals surface area (Å²) in [4.78, 5) is 2.14. The molecule has 2 unspecified atom stereocenters. The number of halogens is 1. The first-order chi connectivity index (χ1) is 8.15. The fourth-order valence-electron chi connectivity index (χ4n) is 2.18. The Morgan fingerprint density at radius 3 is 2.35 bits per heavy atom. The van der Waals surface area contributed by atoms with Gasteiger partial charge in [-0.2, -0.15) is 0 Å². The van der Waals surface area contributed by atoms with E-state index in [1.807, 2.05) is 12.1 Å². The monoisotopic (exact) mass is 256 g/mol. The highest BCUT2D eigenvalue weighted by atomic mass is 35.5. The molecule has 94 valence electrons. The zero-order valence-corrected chi connectivity index (χ0v) is 10.8. The third-order valence-electron chi connectivity index (χ3n) is 3.15. The Balaban J connectivity index is 2.21. The molecule has 1 aromatic carbocycles. The van der Waals surface area contributed by atoms with E-state index in [9.17, 15) is 0 Å². The van der Waals surface area contributed by atoms with E-state index in [1.165, 1.54) is 0 Å². The number of hydrogen-bond donors (Lipinski definition) is 1. The van der Waals surface area contributed by atoms with Gasteiger partial charge in [0.25, 0.3) is 0 Å². The third-order valence-corrected chi connectivity index (χ3v) is 3.39. The lowest BCUT2D eigenvalue weighted by atomic mass is 10.2. The molecule has 0 bridgehead atoms. The fourth-order valence-corrected chi connectivity index (χ4v) is 2.35. The maximum Gasteiger partial charge on any atom is 0.102 e. The van der Waals surface area contributed by atoms with Crippen LogP contribution in [0, 0.1) is 0 Å². The summed E-state index contributed by atoms with van der Waals surface area (Å²) in [6, 6.07) is 5.49. The van der Waals surface area contributed by atoms with Gasteiger partial charge in [0.05, 0.1) is 11.4 Å². The van der Waals surface area contributed by atoms with Crippen molar-refractivity contribution < 1.29 is 9.47 Å². The van der Waals surface area contributed by atoms with Crippen molar-refractivity contribution in [2.24, 2.45) is 0 Å². The Labute approximate surface area is 106 Å². The quantitative estimate of drug-likeness (QED) is 0.838. The maximum atomic E-state index is 5.99. The molecule has 0 aromatic heterocycles. The molecular formula is C12H17ClN2O2. The van der Waals surface area contributed by atoms with Crippen molar-refractivity contribution in [3.63, 3.8) is 0 Å². The lowest BCUT2D eigenvalue weighted by Gasteiger charge is -2.20. The number of nitrogens with two attached hydrogens (primary N) is 1. The highest BCUT2D eigenvalue weighted by Gasteiger charge is 2.33. The van der Waals surface area contributed by atoms with Crippen LogP contribution in [0.15, 0.2) is 18.2 Å². The van der Waals surface area contributed by atoms with Crippen LogP contribution >= 0.6 is 11.6 Å². The highest BCUT2D eigenvalue weighted by molar-refractivity contribution is 6.31. The summed E-state index contributed by atoms with van der Waals surface area (Å²) in [5, 5.41) is 0.684. The van der Waals surface area contributed by atoms with Crippen LogP contribution in [0.5, 0.6) is 0 Å². The zero-order chi connectivity index (χ0) is 12.4. The zero-order valence-electron chi connectivity index (χ0n) is 10.0. The Hall–Kier alpha value is -0.970. The SMILES string of the molecule is COC1CN(c2cc(Cl)ccc2N)CC1OC. The Morgan fingerprint density at radius 2 is 1.82 bits per heavy atom. The summed E-state index contributed by atoms with van der Waals surface area (Å²) in [6.07, 6.45) is 0.136. The molecule has 1 aliphatic rings. The van der Waals surface area contributed by atoms with E-state index in [-0.39, 0.29) is 12.2 Å². The van der Waals surface area contributed by atoms with E-state index < -0.39 is 0 Å². The Kier molecular flexibility index (Phi) is 3.76. The second kappa shape index (κ2) is 5.12. The van der Waals surface area contributed by atoms with Crippen LogP contribution in [-0.2, 0) is 9.47 Å². The van der Waals surface area contributed by atoms with E-state index >= 15 is 0 Å². The average molecular weight is 257 g/mol. The van der Waals surface area contributed by atoms with Crippen molar-refractivity contribution in [2.75, 3.05) is 37.9 Å². The summed E-state index contributed by atoms with van der Waals surface area (Å²) >= 11 is 5.99. The number of nitrogen functional groups attached to an aromatic ring is 1. The number of anilines is 2. The molecule has 0 radical (unpaired) electrons. The molecule has 2 N–H and O–H groups in total. The largest absolute Gasteiger partial charge is 0.397 e. The molecule has 2 rings (SSSR count). The minimum absolute atomic E-state index is 0.0679. The van der Waals surface area contributed by atoms with Gasteiger partial charge in [-0.3, -0.25) is 0 Å². The van der Waals surface area contributed by atoms with Gasteiger partial charge in [-0.25, -0.2) is 0 Å². The second-order valence-corrected chi connectivity index (χ2v) is 4.59. The van der Waals surface area contributed by atoms with E-state index in [1.54, 1.807) is 20.3 Å². The molecule has 1 aliphatic heterocycles. The van der Waals surface area contributed by atoms with Crippen molar-refractivity contribution in [3.05, 3.63) is 23.2 Å². The summed E-state index contributed by atoms with van der Waals surface area (Å²) in [5.41, 5.74) is 7.63. The first kappa shape index (κ1) is 12.5. The summed E-state index contributed by atoms with van der Waals surface area (Å²) in [6.45, 7) is 1.53. The van der Waals surface area contributed by atoms with Crippen LogP contribution in [0.25, 0.3) is 0 Å². The van der Waals surface area contributed by atoms with Crippen LogP contribution in [0.3, 0.4) is 0 Å². The van der Waals surface area contributed by atoms with Gasteiger partial charge in [-0.1, -0.05) is 11.6 Å². The molecule has 1 aromatic rings. The standard InChI is InChI=1S/C12H17ClN2O2/c1-16-11-6-15(7-12(11)17-2)10-5-8(13)3-4-9(10)14/h3-5,11-12H,6-7,14H2,1-2H3. The normalized spacial score (nSPS) is 24.3. The maximum absolute atomic E-state index is 5.99. The minimum Gasteiger partial charge on any atom is -0.397 e. The first-order valence-electron chi connectivity index (χ1n) is 5.51. The molecule has 1 fully saturated rings. The van der Waals surface area contributed by atoms with E-state index in [0.29, 0.717) is 5.02 Å². The van der Waals surface area contributed by atoms with Crippen LogP contribution in [0.2, 0.25) is 5.02 Å². The molecule has 1 heterocycles. The van der Waals surface area contributed by atoms with Gasteiger partial charge in [0, 0.05) is 32.3 Å². The lowest BCUT2D eigenvalue weighted by Crippen LogP contribution is -2.27. The average Bonchev–Trinajstić information content (AvgIpc) is 2.75. The second-order valence-electron chi connectivity index (χ2n) is 4.16. The van der Waals surface area contributed by atoms with Crippen LogP contribution in [0.4, 0.5) is 11.4 Å². The molecule has 0 spiro atoms. The molecule has 1 saturated heterocycles. The topological polar surface area (TPSA) is 47.7 Å². The molecule has 0 aliphatic carbocycles. The van der Waals surface area contributed by atoms with Gasteiger partial charge in [-0.15, -0.1) is 0 Å². The fraction of sp³-hybridized carbons (Fsp3) is 0.500. The van der Waals surface area contributed by atoms with Gasteiger partial charge >= 0.3 is 0 Å². The number of nitrogens with zero attached hydrogens (tertiary/aromatic N) is 1. The van der Waals surface area contributed by atoms with E-state index in [2.05, 4.69) is 4.90 Å². The van der Waals surface area contributed by atoms with Gasteiger partial charge < -0.3 is 20.1 Å². The van der Waals surface area contributed by atoms with Crippen molar-refractivity contribution >= 4 is 23.0 Å². The third kappa shape index (κ3) is 2.49. The lowest BCUT2D eigenvalue weighted by molar-refractivity contribution is -0.00461. The van der Waals surface area contributed by atoms with E-state index in [0.717, 1.165) is 24.5 Å². The summed E-state index contributed by atoms with van der Waals surface area (Å²) in [7, 11) is 3.39. The van der Waals surface area contributed by atoms with E-state index in [4.69, 9.17) is 26.8 Å². The van der Waals surface area contributed by atoms with Crippen LogP contribution in [0.1, 0.15) is 0 Å². The minimum atomic E-state index is 0.0679. The number of ether oxygens (including phenoxy) is 2. The van der Waals surface area contributed by atoms with Crippen LogP contribution in [-0.4, -0.2) is 39.5 Å². The number of hydrogen-bond acceptors (Lipinski definition) is 4. The summed E-state index contributed by atoms with van der Waals surface area (Å²) < 4.78 is 10.8. The predicted molar refractivity (Wildman–Crippen MR) is 69.7 cm³/mol. The number of benzene rings is 1. The number of methoxy groups -OCH3 is 2. The predicted octanol–water partition coefficient (Wildman–Crippen LogP) is 1.77. The van der Waals surface area contributed by atoms with Crippen molar-refractivity contribution in [3.8, 4) is 0 Å². The van der Waals surface area contributed by atoms with Crippen molar-refractivity contribution in [1.29, 1.82) is 0 Å². The molecular weight excluding hydrogens is 240 g/mol. The molecule has 0 saturated carbocycles. The van der Waals surface area contributed by atoms with Gasteiger partial charge in [0.1, 0.15) is 12.2 Å². The number of rotatable bonds is 3. The molecule has 4 nitrogen and oxygen atoms in total. The van der Waals surface area contributed by atoms with Gasteiger partial charge in [0.15, 0.2) is 0 Å². The highest BCUT2D eigenvalue weighted by Crippen LogP contribution is 2.30. The first-order valence-corrected chi connectivity index (χ1v) is 5.89. The summed E-state index contributed by atoms with van der Waals surface area (Å²) in [5.74, 6) is 0. The molecule has 0 amide bonds. The van der Waals surface area contributed by atoms with Gasteiger partial charge in [0.2, 0.25) is 0 Å².